The highest BCUT2D eigenvalue weighted by molar-refractivity contribution is 4.45. The van der Waals surface area contributed by atoms with Crippen LogP contribution in [-0.4, -0.2) is 33.2 Å². The van der Waals surface area contributed by atoms with Crippen LogP contribution < -0.4 is 10.2 Å². The van der Waals surface area contributed by atoms with Crippen molar-refractivity contribution in [3.8, 4) is 0 Å². The maximum atomic E-state index is 2.28. The summed E-state index contributed by atoms with van der Waals surface area (Å²) in [6.07, 6.45) is 4.39. The molecule has 0 unspecified atom stereocenters. The Labute approximate surface area is 63.6 Å². The van der Waals surface area contributed by atoms with Crippen LogP contribution in [0.4, 0.5) is 0 Å². The van der Waals surface area contributed by atoms with E-state index in [2.05, 4.69) is 12.4 Å². The molecule has 1 heterocycles. The van der Waals surface area contributed by atoms with E-state index in [0.717, 1.165) is 0 Å². The minimum atomic E-state index is 1.30. The van der Waals surface area contributed by atoms with E-state index in [1.807, 2.05) is 4.90 Å². The minimum absolute atomic E-state index is 1.30. The molecule has 0 aliphatic carbocycles. The molecule has 0 atom stereocenters. The van der Waals surface area contributed by atoms with Crippen LogP contribution in [0.15, 0.2) is 0 Å². The van der Waals surface area contributed by atoms with Crippen LogP contribution in [0.3, 0.4) is 0 Å². The molecule has 10 heavy (non-hydrogen) atoms. The van der Waals surface area contributed by atoms with Crippen molar-refractivity contribution in [2.75, 3.05) is 33.2 Å². The van der Waals surface area contributed by atoms with Gasteiger partial charge in [0.15, 0.2) is 0 Å². The zero-order valence-corrected chi connectivity index (χ0v) is 7.03. The number of rotatable bonds is 3. The molecule has 60 valence electrons. The summed E-state index contributed by atoms with van der Waals surface area (Å²) in [5, 5.41) is 2.28. The second-order valence-corrected chi connectivity index (χ2v) is 3.26. The predicted octanol–water partition coefficient (Wildman–Crippen LogP) is -1.75. The van der Waals surface area contributed by atoms with E-state index in [4.69, 9.17) is 0 Å². The van der Waals surface area contributed by atoms with E-state index in [1.54, 1.807) is 0 Å². The highest BCUT2D eigenvalue weighted by Gasteiger charge is 2.12. The van der Waals surface area contributed by atoms with E-state index in [-0.39, 0.29) is 0 Å². The Morgan fingerprint density at radius 1 is 1.20 bits per heavy atom. The van der Waals surface area contributed by atoms with Gasteiger partial charge in [-0.05, 0) is 19.3 Å². The molecular weight excluding hydrogens is 124 g/mol. The van der Waals surface area contributed by atoms with Gasteiger partial charge >= 0.3 is 0 Å². The average molecular weight is 144 g/mol. The van der Waals surface area contributed by atoms with Gasteiger partial charge in [0, 0.05) is 0 Å². The number of quaternary nitrogens is 2. The highest BCUT2D eigenvalue weighted by Crippen LogP contribution is 1.93. The number of likely N-dealkylation sites (N-methyl/N-ethyl adjacent to an activating group) is 1. The van der Waals surface area contributed by atoms with Gasteiger partial charge in [-0.15, -0.1) is 0 Å². The molecule has 0 spiro atoms. The van der Waals surface area contributed by atoms with Crippen molar-refractivity contribution in [3.63, 3.8) is 0 Å². The summed E-state index contributed by atoms with van der Waals surface area (Å²) in [7, 11) is 2.16. The van der Waals surface area contributed by atoms with Crippen molar-refractivity contribution < 1.29 is 10.2 Å². The van der Waals surface area contributed by atoms with Crippen molar-refractivity contribution in [2.24, 2.45) is 0 Å². The molecular formula is C8H20N2+2. The van der Waals surface area contributed by atoms with Gasteiger partial charge < -0.3 is 10.2 Å². The van der Waals surface area contributed by atoms with E-state index < -0.39 is 0 Å². The predicted molar refractivity (Wildman–Crippen MR) is 42.1 cm³/mol. The molecule has 0 aromatic rings. The molecule has 0 aromatic carbocycles. The van der Waals surface area contributed by atoms with Crippen LogP contribution in [-0.2, 0) is 0 Å². The Balaban J connectivity index is 2.02. The summed E-state index contributed by atoms with van der Waals surface area (Å²) in [6, 6.07) is 0. The van der Waals surface area contributed by atoms with E-state index in [1.165, 1.54) is 45.4 Å². The SMILES string of the molecule is C[NH2+]CC[NH+]1CCCCC1. The third-order valence-electron chi connectivity index (χ3n) is 2.35. The Morgan fingerprint density at radius 3 is 2.50 bits per heavy atom. The lowest BCUT2D eigenvalue weighted by atomic mass is 10.1. The van der Waals surface area contributed by atoms with Crippen molar-refractivity contribution in [3.05, 3.63) is 0 Å². The Morgan fingerprint density at radius 2 is 1.90 bits per heavy atom. The van der Waals surface area contributed by atoms with Gasteiger partial charge in [-0.2, -0.15) is 0 Å². The topological polar surface area (TPSA) is 21.1 Å². The van der Waals surface area contributed by atoms with Crippen molar-refractivity contribution in [2.45, 2.75) is 19.3 Å². The lowest BCUT2D eigenvalue weighted by Gasteiger charge is -2.22. The number of likely N-dealkylation sites (tertiary alicyclic amines) is 1. The molecule has 0 aromatic heterocycles. The summed E-state index contributed by atoms with van der Waals surface area (Å²) >= 11 is 0. The van der Waals surface area contributed by atoms with Gasteiger partial charge in [-0.1, -0.05) is 0 Å². The van der Waals surface area contributed by atoms with Crippen LogP contribution in [0.25, 0.3) is 0 Å². The number of piperidine rings is 1. The zero-order valence-electron chi connectivity index (χ0n) is 7.03. The molecule has 0 amide bonds. The van der Waals surface area contributed by atoms with Gasteiger partial charge in [-0.3, -0.25) is 0 Å². The molecule has 1 saturated heterocycles. The first-order chi connectivity index (χ1) is 4.93. The minimum Gasteiger partial charge on any atom is -0.344 e. The molecule has 1 rings (SSSR count). The van der Waals surface area contributed by atoms with Gasteiger partial charge in [0.25, 0.3) is 0 Å². The normalized spacial score (nSPS) is 21.3. The quantitative estimate of drug-likeness (QED) is 0.469. The molecule has 2 nitrogen and oxygen atoms in total. The van der Waals surface area contributed by atoms with Crippen molar-refractivity contribution >= 4 is 0 Å². The van der Waals surface area contributed by atoms with E-state index in [0.29, 0.717) is 0 Å². The van der Waals surface area contributed by atoms with Gasteiger partial charge in [0.05, 0.1) is 20.1 Å². The summed E-state index contributed by atoms with van der Waals surface area (Å²) in [5.41, 5.74) is 0. The van der Waals surface area contributed by atoms with Crippen LogP contribution in [0.2, 0.25) is 0 Å². The van der Waals surface area contributed by atoms with Crippen LogP contribution >= 0.6 is 0 Å². The monoisotopic (exact) mass is 144 g/mol. The lowest BCUT2D eigenvalue weighted by Crippen LogP contribution is -3.15. The summed E-state index contributed by atoms with van der Waals surface area (Å²) in [6.45, 7) is 5.52. The highest BCUT2D eigenvalue weighted by atomic mass is 15.1. The molecule has 0 radical (unpaired) electrons. The fourth-order valence-corrected chi connectivity index (χ4v) is 1.65. The Hall–Kier alpha value is -0.0800. The fraction of sp³-hybridized carbons (Fsp3) is 1.00. The van der Waals surface area contributed by atoms with Crippen LogP contribution in [0, 0.1) is 0 Å². The third kappa shape index (κ3) is 2.67. The van der Waals surface area contributed by atoms with Crippen LogP contribution in [0.1, 0.15) is 19.3 Å². The molecule has 0 saturated carbocycles. The first-order valence-electron chi connectivity index (χ1n) is 4.55. The van der Waals surface area contributed by atoms with Crippen molar-refractivity contribution in [1.29, 1.82) is 0 Å². The second kappa shape index (κ2) is 4.69. The van der Waals surface area contributed by atoms with E-state index >= 15 is 0 Å². The second-order valence-electron chi connectivity index (χ2n) is 3.26. The summed E-state index contributed by atoms with van der Waals surface area (Å²) < 4.78 is 0. The maximum absolute atomic E-state index is 2.28. The molecule has 3 N–H and O–H groups in total. The number of hydrogen-bond acceptors (Lipinski definition) is 0. The molecule has 1 fully saturated rings. The molecule has 0 bridgehead atoms. The third-order valence-corrected chi connectivity index (χ3v) is 2.35. The van der Waals surface area contributed by atoms with Crippen LogP contribution in [0.5, 0.6) is 0 Å². The first-order valence-corrected chi connectivity index (χ1v) is 4.55. The standard InChI is InChI=1S/C8H18N2/c1-9-5-8-10-6-3-2-4-7-10/h9H,2-8H2,1H3/p+2. The molecule has 1 aliphatic heterocycles. The van der Waals surface area contributed by atoms with Crippen molar-refractivity contribution in [1.82, 2.24) is 0 Å². The summed E-state index contributed by atoms with van der Waals surface area (Å²) in [5.74, 6) is 0. The lowest BCUT2D eigenvalue weighted by molar-refractivity contribution is -0.915. The maximum Gasteiger partial charge on any atom is 0.127 e. The number of nitrogens with two attached hydrogens (primary N) is 1. The Kier molecular flexibility index (Phi) is 3.76. The first kappa shape index (κ1) is 8.02. The van der Waals surface area contributed by atoms with Gasteiger partial charge in [0.1, 0.15) is 13.1 Å². The zero-order chi connectivity index (χ0) is 7.23. The summed E-state index contributed by atoms with van der Waals surface area (Å²) in [4.78, 5) is 1.82. The largest absolute Gasteiger partial charge is 0.344 e. The number of nitrogens with one attached hydrogen (secondary N) is 1. The molecule has 1 aliphatic rings. The number of hydrogen-bond donors (Lipinski definition) is 2. The average Bonchev–Trinajstić information content (AvgIpc) is 2.03. The molecule has 2 heteroatoms. The Bertz CT molecular complexity index is 77.3. The smallest absolute Gasteiger partial charge is 0.127 e. The van der Waals surface area contributed by atoms with E-state index in [9.17, 15) is 0 Å². The van der Waals surface area contributed by atoms with Gasteiger partial charge in [0.2, 0.25) is 0 Å². The fourth-order valence-electron chi connectivity index (χ4n) is 1.65. The van der Waals surface area contributed by atoms with Gasteiger partial charge in [-0.25, -0.2) is 0 Å².